The van der Waals surface area contributed by atoms with Gasteiger partial charge in [-0.15, -0.1) is 0 Å². The van der Waals surface area contributed by atoms with Gasteiger partial charge in [0, 0.05) is 24.2 Å². The van der Waals surface area contributed by atoms with Crippen molar-refractivity contribution in [2.45, 2.75) is 25.3 Å². The van der Waals surface area contributed by atoms with Crippen molar-refractivity contribution >= 4 is 27.9 Å². The van der Waals surface area contributed by atoms with E-state index in [-0.39, 0.29) is 17.9 Å². The number of H-pyrrole nitrogens is 1. The summed E-state index contributed by atoms with van der Waals surface area (Å²) in [6, 6.07) is 1.54. The molecule has 1 aliphatic heterocycles. The van der Waals surface area contributed by atoms with Crippen LogP contribution in [0.4, 0.5) is 4.79 Å². The summed E-state index contributed by atoms with van der Waals surface area (Å²) in [5, 5.41) is 13.8. The third kappa shape index (κ3) is 3.41. The number of aromatic nitrogens is 1. The number of allylic oxidation sites excluding steroid dienone is 1. The average molecular weight is 342 g/mol. The molecule has 1 aromatic rings. The molecule has 6 nitrogen and oxygen atoms in total. The summed E-state index contributed by atoms with van der Waals surface area (Å²) in [7, 11) is 0. The molecule has 1 aliphatic rings. The van der Waals surface area contributed by atoms with Crippen LogP contribution in [0.2, 0.25) is 0 Å². The lowest BCUT2D eigenvalue weighted by molar-refractivity contribution is 0.0940. The van der Waals surface area contributed by atoms with E-state index in [1.54, 1.807) is 13.0 Å². The molecule has 0 spiro atoms. The zero-order valence-electron chi connectivity index (χ0n) is 10.9. The molecule has 108 valence electrons. The molecule has 0 saturated carbocycles. The second-order valence-corrected chi connectivity index (χ2v) is 5.61. The van der Waals surface area contributed by atoms with E-state index in [9.17, 15) is 9.59 Å². The van der Waals surface area contributed by atoms with Crippen LogP contribution in [0, 0.1) is 0 Å². The first-order chi connectivity index (χ1) is 9.47. The molecule has 4 N–H and O–H groups in total. The molecular weight excluding hydrogens is 326 g/mol. The van der Waals surface area contributed by atoms with Gasteiger partial charge in [-0.25, -0.2) is 4.79 Å². The Morgan fingerprint density at radius 2 is 2.45 bits per heavy atom. The Morgan fingerprint density at radius 3 is 3.15 bits per heavy atom. The molecule has 0 radical (unpaired) electrons. The van der Waals surface area contributed by atoms with E-state index >= 15 is 0 Å². The van der Waals surface area contributed by atoms with Crippen molar-refractivity contribution < 1.29 is 14.7 Å². The van der Waals surface area contributed by atoms with Gasteiger partial charge in [-0.2, -0.15) is 0 Å². The number of carbonyl (C=O) groups excluding carboxylic acids is 1. The summed E-state index contributed by atoms with van der Waals surface area (Å²) < 4.78 is 0.787. The second kappa shape index (κ2) is 6.13. The lowest BCUT2D eigenvalue weighted by Gasteiger charge is -2.21. The van der Waals surface area contributed by atoms with E-state index in [2.05, 4.69) is 31.5 Å². The minimum absolute atomic E-state index is 0.0666. The summed E-state index contributed by atoms with van der Waals surface area (Å²) in [4.78, 5) is 25.3. The Hall–Kier alpha value is -1.76. The maximum Gasteiger partial charge on any atom is 0.405 e. The smallest absolute Gasteiger partial charge is 0.405 e. The Balaban J connectivity index is 2.01. The van der Waals surface area contributed by atoms with E-state index in [1.807, 2.05) is 12.2 Å². The highest BCUT2D eigenvalue weighted by molar-refractivity contribution is 9.10. The highest BCUT2D eigenvalue weighted by Crippen LogP contribution is 2.28. The molecule has 2 rings (SSSR count). The van der Waals surface area contributed by atoms with E-state index < -0.39 is 6.09 Å². The van der Waals surface area contributed by atoms with Crippen molar-refractivity contribution in [2.24, 2.45) is 0 Å². The summed E-state index contributed by atoms with van der Waals surface area (Å²) in [6.07, 6.45) is 3.43. The summed E-state index contributed by atoms with van der Waals surface area (Å²) in [5.41, 5.74) is 1.59. The van der Waals surface area contributed by atoms with Gasteiger partial charge in [-0.05, 0) is 35.3 Å². The normalized spacial score (nSPS) is 19.5. The Labute approximate surface area is 124 Å². The number of hydrogen-bond donors (Lipinski definition) is 4. The topological polar surface area (TPSA) is 94.2 Å². The minimum Gasteiger partial charge on any atom is -0.465 e. The maximum absolute atomic E-state index is 11.7. The molecule has 7 heteroatoms. The molecule has 0 bridgehead atoms. The number of halogens is 1. The van der Waals surface area contributed by atoms with Gasteiger partial charge >= 0.3 is 6.09 Å². The van der Waals surface area contributed by atoms with Gasteiger partial charge in [0.2, 0.25) is 0 Å². The van der Waals surface area contributed by atoms with Crippen LogP contribution in [-0.2, 0) is 0 Å². The van der Waals surface area contributed by atoms with Gasteiger partial charge in [-0.1, -0.05) is 12.2 Å². The molecule has 0 unspecified atom stereocenters. The van der Waals surface area contributed by atoms with Crippen LogP contribution in [-0.4, -0.2) is 34.7 Å². The van der Waals surface area contributed by atoms with Crippen LogP contribution in [0.15, 0.2) is 22.8 Å². The lowest BCUT2D eigenvalue weighted by Crippen LogP contribution is -2.34. The molecular formula is C13H16BrN3O3. The average Bonchev–Trinajstić information content (AvgIpc) is 2.74. The Kier molecular flexibility index (Phi) is 4.49. The van der Waals surface area contributed by atoms with Crippen molar-refractivity contribution in [1.29, 1.82) is 0 Å². The van der Waals surface area contributed by atoms with Crippen LogP contribution in [0.3, 0.4) is 0 Å². The SMILES string of the molecule is C[C@H](C=CC[C@H]1CNC(=O)c2cc(Br)[nH]c21)NC(=O)O. The number of hydrogen-bond acceptors (Lipinski definition) is 2. The summed E-state index contributed by atoms with van der Waals surface area (Å²) in [6.45, 7) is 2.34. The number of fused-ring (bicyclic) bond motifs is 1. The van der Waals surface area contributed by atoms with Crippen molar-refractivity contribution in [3.63, 3.8) is 0 Å². The molecule has 0 fully saturated rings. The molecule has 20 heavy (non-hydrogen) atoms. The fourth-order valence-corrected chi connectivity index (χ4v) is 2.69. The third-order valence-electron chi connectivity index (χ3n) is 3.17. The molecule has 2 atom stereocenters. The zero-order chi connectivity index (χ0) is 14.7. The van der Waals surface area contributed by atoms with Crippen LogP contribution in [0.5, 0.6) is 0 Å². The minimum atomic E-state index is -1.04. The van der Waals surface area contributed by atoms with Crippen LogP contribution >= 0.6 is 15.9 Å². The number of amides is 2. The van der Waals surface area contributed by atoms with E-state index in [0.717, 1.165) is 16.7 Å². The second-order valence-electron chi connectivity index (χ2n) is 4.75. The zero-order valence-corrected chi connectivity index (χ0v) is 12.5. The molecule has 2 heterocycles. The Bertz CT molecular complexity index is 553. The van der Waals surface area contributed by atoms with Crippen molar-refractivity contribution in [2.75, 3.05) is 6.54 Å². The number of nitrogens with one attached hydrogen (secondary N) is 3. The standard InChI is InChI=1S/C13H16BrN3O3/c1-7(16-13(19)20)3-2-4-8-6-15-12(18)9-5-10(14)17-11(8)9/h2-3,5,7-8,16-17H,4,6H2,1H3,(H,15,18)(H,19,20)/t7-,8+/m1/s1. The molecule has 0 aliphatic carbocycles. The van der Waals surface area contributed by atoms with Crippen LogP contribution in [0.1, 0.15) is 35.3 Å². The van der Waals surface area contributed by atoms with Crippen molar-refractivity contribution in [1.82, 2.24) is 15.6 Å². The quantitative estimate of drug-likeness (QED) is 0.632. The fourth-order valence-electron chi connectivity index (χ4n) is 2.25. The third-order valence-corrected chi connectivity index (χ3v) is 3.60. The predicted molar refractivity (Wildman–Crippen MR) is 77.9 cm³/mol. The Morgan fingerprint density at radius 1 is 1.70 bits per heavy atom. The first-order valence-electron chi connectivity index (χ1n) is 6.30. The molecule has 2 amide bonds. The number of carboxylic acid groups (broad SMARTS) is 1. The van der Waals surface area contributed by atoms with E-state index in [1.165, 1.54) is 0 Å². The van der Waals surface area contributed by atoms with Crippen molar-refractivity contribution in [3.05, 3.63) is 34.1 Å². The fraction of sp³-hybridized carbons (Fsp3) is 0.385. The first-order valence-corrected chi connectivity index (χ1v) is 7.09. The lowest BCUT2D eigenvalue weighted by atomic mass is 9.94. The predicted octanol–water partition coefficient (Wildman–Crippen LogP) is 2.21. The van der Waals surface area contributed by atoms with Crippen LogP contribution in [0.25, 0.3) is 0 Å². The van der Waals surface area contributed by atoms with Gasteiger partial charge < -0.3 is 20.7 Å². The van der Waals surface area contributed by atoms with Crippen molar-refractivity contribution in [3.8, 4) is 0 Å². The van der Waals surface area contributed by atoms with Gasteiger partial charge in [0.25, 0.3) is 5.91 Å². The summed E-state index contributed by atoms with van der Waals surface area (Å²) >= 11 is 3.34. The molecule has 0 aromatic carbocycles. The number of rotatable bonds is 4. The highest BCUT2D eigenvalue weighted by Gasteiger charge is 2.26. The van der Waals surface area contributed by atoms with E-state index in [4.69, 9.17) is 5.11 Å². The van der Waals surface area contributed by atoms with Gasteiger partial charge in [-0.3, -0.25) is 4.79 Å². The highest BCUT2D eigenvalue weighted by atomic mass is 79.9. The maximum atomic E-state index is 11.7. The van der Waals surface area contributed by atoms with Gasteiger partial charge in [0.15, 0.2) is 0 Å². The monoisotopic (exact) mass is 341 g/mol. The largest absolute Gasteiger partial charge is 0.465 e. The molecule has 1 aromatic heterocycles. The number of carbonyl (C=O) groups is 2. The first kappa shape index (κ1) is 14.6. The van der Waals surface area contributed by atoms with Crippen LogP contribution < -0.4 is 10.6 Å². The molecule has 0 saturated heterocycles. The van der Waals surface area contributed by atoms with Gasteiger partial charge in [0.1, 0.15) is 0 Å². The van der Waals surface area contributed by atoms with E-state index in [0.29, 0.717) is 12.1 Å². The summed E-state index contributed by atoms with van der Waals surface area (Å²) in [5.74, 6) is 0.102. The van der Waals surface area contributed by atoms with Gasteiger partial charge in [0.05, 0.1) is 10.2 Å². The number of aromatic amines is 1.